The first-order chi connectivity index (χ1) is 15.7. The summed E-state index contributed by atoms with van der Waals surface area (Å²) in [7, 11) is 5.09. The Bertz CT molecular complexity index is 545. The van der Waals surface area contributed by atoms with Gasteiger partial charge in [-0.05, 0) is 30.4 Å². The Morgan fingerprint density at radius 1 is 0.625 bits per heavy atom. The summed E-state index contributed by atoms with van der Waals surface area (Å²) in [6, 6.07) is 8.86. The summed E-state index contributed by atoms with van der Waals surface area (Å²) < 4.78 is 17.5. The highest BCUT2D eigenvalue weighted by Crippen LogP contribution is 2.39. The predicted octanol–water partition coefficient (Wildman–Crippen LogP) is 8.80. The lowest BCUT2D eigenvalue weighted by Crippen LogP contribution is -2.43. The first kappa shape index (κ1) is 29.1. The maximum atomic E-state index is 5.85. The number of methoxy groups -OCH3 is 3. The smallest absolute Gasteiger partial charge is 0.289 e. The Morgan fingerprint density at radius 3 is 1.62 bits per heavy atom. The molecule has 3 nitrogen and oxygen atoms in total. The highest BCUT2D eigenvalue weighted by atomic mass is 16.9. The second-order valence-electron chi connectivity index (χ2n) is 9.25. The second kappa shape index (κ2) is 18.5. The first-order valence-electron chi connectivity index (χ1n) is 13.4. The van der Waals surface area contributed by atoms with Crippen LogP contribution >= 0.6 is 0 Å². The minimum absolute atomic E-state index is 0.0684. The van der Waals surface area contributed by atoms with Crippen molar-refractivity contribution in [2.24, 2.45) is 0 Å². The molecule has 0 fully saturated rings. The van der Waals surface area contributed by atoms with Gasteiger partial charge >= 0.3 is 0 Å². The zero-order valence-corrected chi connectivity index (χ0v) is 21.9. The molecule has 0 radical (unpaired) electrons. The molecule has 0 bridgehead atoms. The predicted molar refractivity (Wildman–Crippen MR) is 137 cm³/mol. The lowest BCUT2D eigenvalue weighted by atomic mass is 9.85. The van der Waals surface area contributed by atoms with E-state index in [0.29, 0.717) is 0 Å². The van der Waals surface area contributed by atoms with Crippen molar-refractivity contribution in [3.8, 4) is 0 Å². The largest absolute Gasteiger partial charge is 0.330 e. The van der Waals surface area contributed by atoms with Crippen molar-refractivity contribution >= 4 is 0 Å². The molecular formula is C29H52O3. The molecule has 3 heteroatoms. The van der Waals surface area contributed by atoms with Gasteiger partial charge in [-0.15, -0.1) is 0 Å². The quantitative estimate of drug-likeness (QED) is 0.139. The van der Waals surface area contributed by atoms with Crippen molar-refractivity contribution in [3.63, 3.8) is 0 Å². The van der Waals surface area contributed by atoms with Crippen LogP contribution in [0.1, 0.15) is 127 Å². The van der Waals surface area contributed by atoms with E-state index in [1.165, 1.54) is 94.6 Å². The second-order valence-corrected chi connectivity index (χ2v) is 9.25. The van der Waals surface area contributed by atoms with Crippen LogP contribution in [0, 0.1) is 0 Å². The van der Waals surface area contributed by atoms with Gasteiger partial charge < -0.3 is 14.2 Å². The van der Waals surface area contributed by atoms with Crippen molar-refractivity contribution in [1.29, 1.82) is 0 Å². The topological polar surface area (TPSA) is 27.7 Å². The van der Waals surface area contributed by atoms with Gasteiger partial charge in [0.15, 0.2) is 0 Å². The number of ether oxygens (including phenoxy) is 3. The zero-order valence-electron chi connectivity index (χ0n) is 21.9. The molecule has 1 rings (SSSR count). The summed E-state index contributed by atoms with van der Waals surface area (Å²) in [5.41, 5.74) is 2.75. The highest BCUT2D eigenvalue weighted by molar-refractivity contribution is 5.32. The number of unbranched alkanes of at least 4 members (excludes halogenated alkanes) is 12. The van der Waals surface area contributed by atoms with E-state index in [0.717, 1.165) is 19.3 Å². The van der Waals surface area contributed by atoms with Crippen LogP contribution in [0.4, 0.5) is 0 Å². The number of aryl methyl sites for hydroxylation is 1. The van der Waals surface area contributed by atoms with Crippen molar-refractivity contribution in [2.45, 2.75) is 128 Å². The number of hydrogen-bond acceptors (Lipinski definition) is 3. The fourth-order valence-electron chi connectivity index (χ4n) is 4.88. The maximum absolute atomic E-state index is 5.85. The molecular weight excluding hydrogens is 396 g/mol. The Morgan fingerprint density at radius 2 is 1.09 bits per heavy atom. The van der Waals surface area contributed by atoms with E-state index in [9.17, 15) is 0 Å². The molecule has 0 aliphatic heterocycles. The molecule has 0 heterocycles. The summed E-state index contributed by atoms with van der Waals surface area (Å²) in [4.78, 5) is 0. The Balaban J connectivity index is 2.77. The summed E-state index contributed by atoms with van der Waals surface area (Å²) in [5.74, 6) is -0.961. The molecule has 1 atom stereocenters. The minimum Gasteiger partial charge on any atom is -0.330 e. The summed E-state index contributed by atoms with van der Waals surface area (Å²) >= 11 is 0. The van der Waals surface area contributed by atoms with Gasteiger partial charge in [-0.1, -0.05) is 122 Å². The van der Waals surface area contributed by atoms with Crippen molar-refractivity contribution in [2.75, 3.05) is 21.3 Å². The molecule has 0 aliphatic carbocycles. The van der Waals surface area contributed by atoms with Crippen LogP contribution in [0.2, 0.25) is 0 Å². The van der Waals surface area contributed by atoms with Gasteiger partial charge in [0.1, 0.15) is 0 Å². The lowest BCUT2D eigenvalue weighted by molar-refractivity contribution is -0.365. The van der Waals surface area contributed by atoms with E-state index in [-0.39, 0.29) is 5.92 Å². The molecule has 32 heavy (non-hydrogen) atoms. The zero-order chi connectivity index (χ0) is 23.5. The van der Waals surface area contributed by atoms with Gasteiger partial charge in [0.2, 0.25) is 0 Å². The van der Waals surface area contributed by atoms with Gasteiger partial charge in [0.05, 0.1) is 5.92 Å². The van der Waals surface area contributed by atoms with E-state index in [1.54, 1.807) is 21.3 Å². The highest BCUT2D eigenvalue weighted by Gasteiger charge is 2.41. The monoisotopic (exact) mass is 448 g/mol. The molecule has 1 unspecified atom stereocenters. The van der Waals surface area contributed by atoms with Crippen LogP contribution in [0.5, 0.6) is 0 Å². The fourth-order valence-corrected chi connectivity index (χ4v) is 4.88. The van der Waals surface area contributed by atoms with Crippen LogP contribution in [0.3, 0.4) is 0 Å². The molecule has 1 aromatic rings. The SMILES string of the molecule is CCCCCCCCCCc1ccccc1C(CCCCCCCC)C(OC)(OC)OC. The molecule has 0 N–H and O–H groups in total. The summed E-state index contributed by atoms with van der Waals surface area (Å²) in [5, 5.41) is 0. The first-order valence-corrected chi connectivity index (χ1v) is 13.4. The molecule has 0 aromatic heterocycles. The Hall–Kier alpha value is -0.900. The summed E-state index contributed by atoms with van der Waals surface area (Å²) in [6.07, 6.45) is 20.6. The standard InChI is InChI=1S/C29H52O3/c1-6-8-10-12-14-15-16-18-22-26-23-20-21-24-27(26)28(29(30-3,31-4)32-5)25-19-17-13-11-9-7-2/h20-21,23-24,28H,6-19,22,25H2,1-5H3. The maximum Gasteiger partial charge on any atom is 0.289 e. The van der Waals surface area contributed by atoms with E-state index in [4.69, 9.17) is 14.2 Å². The number of hydrogen-bond donors (Lipinski definition) is 0. The van der Waals surface area contributed by atoms with Gasteiger partial charge in [-0.25, -0.2) is 0 Å². The van der Waals surface area contributed by atoms with Gasteiger partial charge in [0, 0.05) is 21.3 Å². The molecule has 0 amide bonds. The van der Waals surface area contributed by atoms with E-state index < -0.39 is 5.97 Å². The van der Waals surface area contributed by atoms with Crippen LogP contribution in [0.15, 0.2) is 24.3 Å². The summed E-state index contributed by atoms with van der Waals surface area (Å²) in [6.45, 7) is 4.55. The number of rotatable bonds is 21. The molecule has 1 aromatic carbocycles. The van der Waals surface area contributed by atoms with E-state index in [2.05, 4.69) is 38.1 Å². The average molecular weight is 449 g/mol. The van der Waals surface area contributed by atoms with Crippen molar-refractivity contribution in [3.05, 3.63) is 35.4 Å². The van der Waals surface area contributed by atoms with Crippen LogP contribution in [-0.2, 0) is 20.6 Å². The fraction of sp³-hybridized carbons (Fsp3) is 0.793. The van der Waals surface area contributed by atoms with Gasteiger partial charge in [-0.3, -0.25) is 0 Å². The Labute approximate surface area is 199 Å². The van der Waals surface area contributed by atoms with Gasteiger partial charge in [-0.2, -0.15) is 0 Å². The van der Waals surface area contributed by atoms with Crippen molar-refractivity contribution < 1.29 is 14.2 Å². The minimum atomic E-state index is -1.03. The molecule has 0 saturated carbocycles. The lowest BCUT2D eigenvalue weighted by Gasteiger charge is -2.37. The third-order valence-electron chi connectivity index (χ3n) is 6.86. The molecule has 0 aliphatic rings. The van der Waals surface area contributed by atoms with Gasteiger partial charge in [0.25, 0.3) is 5.97 Å². The van der Waals surface area contributed by atoms with E-state index in [1.807, 2.05) is 0 Å². The van der Waals surface area contributed by atoms with E-state index >= 15 is 0 Å². The molecule has 0 saturated heterocycles. The third-order valence-corrected chi connectivity index (χ3v) is 6.86. The van der Waals surface area contributed by atoms with Crippen LogP contribution < -0.4 is 0 Å². The molecule has 0 spiro atoms. The third kappa shape index (κ3) is 10.4. The van der Waals surface area contributed by atoms with Crippen LogP contribution in [0.25, 0.3) is 0 Å². The van der Waals surface area contributed by atoms with Crippen LogP contribution in [-0.4, -0.2) is 27.3 Å². The molecule has 186 valence electrons. The normalized spacial score (nSPS) is 12.9. The number of benzene rings is 1. The average Bonchev–Trinajstić information content (AvgIpc) is 2.83. The van der Waals surface area contributed by atoms with Crippen molar-refractivity contribution in [1.82, 2.24) is 0 Å². The Kier molecular flexibility index (Phi) is 16.9.